The van der Waals surface area contributed by atoms with Crippen molar-refractivity contribution in [3.63, 3.8) is 0 Å². The maximum atomic E-state index is 6.28. The molecule has 1 aliphatic rings. The zero-order valence-electron chi connectivity index (χ0n) is 13.7. The van der Waals surface area contributed by atoms with Crippen LogP contribution in [0.3, 0.4) is 0 Å². The first-order valence-electron chi connectivity index (χ1n) is 8.29. The second kappa shape index (κ2) is 7.69. The fourth-order valence-electron chi connectivity index (χ4n) is 2.64. The molecule has 0 saturated heterocycles. The molecule has 0 spiro atoms. The van der Waals surface area contributed by atoms with Gasteiger partial charge in [0.05, 0.1) is 6.61 Å². The molecule has 1 N–H and O–H groups in total. The standard InChI is InChI=1S/C18H29NO2/c1-4-14-20-16-6-8-17(9-7-16)21-18(10-5-11-18)12-13-19-15(2)3/h6-9,15,19H,4-5,10-14H2,1-3H3. The van der Waals surface area contributed by atoms with Crippen LogP contribution in [0.5, 0.6) is 11.5 Å². The van der Waals surface area contributed by atoms with E-state index in [-0.39, 0.29) is 5.60 Å². The maximum absolute atomic E-state index is 6.28. The average molecular weight is 291 g/mol. The molecule has 2 rings (SSSR count). The summed E-state index contributed by atoms with van der Waals surface area (Å²) in [6, 6.07) is 8.60. The summed E-state index contributed by atoms with van der Waals surface area (Å²) in [6.07, 6.45) is 5.73. The first kappa shape index (κ1) is 16.2. The van der Waals surface area contributed by atoms with E-state index in [4.69, 9.17) is 9.47 Å². The molecule has 0 unspecified atom stereocenters. The average Bonchev–Trinajstić information content (AvgIpc) is 2.43. The largest absolute Gasteiger partial charge is 0.494 e. The minimum Gasteiger partial charge on any atom is -0.494 e. The SMILES string of the molecule is CCCOc1ccc(OC2(CCNC(C)C)CCC2)cc1. The number of rotatable bonds is 9. The van der Waals surface area contributed by atoms with Crippen molar-refractivity contribution < 1.29 is 9.47 Å². The van der Waals surface area contributed by atoms with Gasteiger partial charge < -0.3 is 14.8 Å². The lowest BCUT2D eigenvalue weighted by atomic mass is 9.77. The summed E-state index contributed by atoms with van der Waals surface area (Å²) in [5, 5.41) is 3.49. The monoisotopic (exact) mass is 291 g/mol. The summed E-state index contributed by atoms with van der Waals surface area (Å²) in [4.78, 5) is 0. The van der Waals surface area contributed by atoms with Crippen molar-refractivity contribution in [2.45, 2.75) is 64.5 Å². The van der Waals surface area contributed by atoms with Gasteiger partial charge in [-0.25, -0.2) is 0 Å². The van der Waals surface area contributed by atoms with Crippen LogP contribution in [0, 0.1) is 0 Å². The lowest BCUT2D eigenvalue weighted by Gasteiger charge is -2.42. The summed E-state index contributed by atoms with van der Waals surface area (Å²) in [5.41, 5.74) is 0.0493. The van der Waals surface area contributed by atoms with E-state index in [0.29, 0.717) is 6.04 Å². The molecule has 21 heavy (non-hydrogen) atoms. The number of hydrogen-bond donors (Lipinski definition) is 1. The van der Waals surface area contributed by atoms with Gasteiger partial charge in [-0.3, -0.25) is 0 Å². The quantitative estimate of drug-likeness (QED) is 0.741. The normalized spacial score (nSPS) is 16.6. The Morgan fingerprint density at radius 1 is 1.14 bits per heavy atom. The van der Waals surface area contributed by atoms with Crippen molar-refractivity contribution in [2.75, 3.05) is 13.2 Å². The smallest absolute Gasteiger partial charge is 0.120 e. The van der Waals surface area contributed by atoms with Crippen LogP contribution in [0.1, 0.15) is 52.9 Å². The zero-order chi connectivity index (χ0) is 15.1. The predicted molar refractivity (Wildman–Crippen MR) is 87.2 cm³/mol. The maximum Gasteiger partial charge on any atom is 0.120 e. The number of ether oxygens (including phenoxy) is 2. The molecule has 0 heterocycles. The Hall–Kier alpha value is -1.22. The van der Waals surface area contributed by atoms with Gasteiger partial charge in [0.2, 0.25) is 0 Å². The molecule has 3 nitrogen and oxygen atoms in total. The summed E-state index contributed by atoms with van der Waals surface area (Å²) in [6.45, 7) is 8.27. The second-order valence-corrected chi connectivity index (χ2v) is 6.32. The minimum atomic E-state index is 0.0493. The van der Waals surface area contributed by atoms with Crippen molar-refractivity contribution >= 4 is 0 Å². The summed E-state index contributed by atoms with van der Waals surface area (Å²) >= 11 is 0. The highest BCUT2D eigenvalue weighted by atomic mass is 16.5. The molecule has 0 amide bonds. The highest BCUT2D eigenvalue weighted by Gasteiger charge is 2.38. The first-order valence-corrected chi connectivity index (χ1v) is 8.29. The van der Waals surface area contributed by atoms with Gasteiger partial charge in [-0.2, -0.15) is 0 Å². The third-order valence-electron chi connectivity index (χ3n) is 4.03. The van der Waals surface area contributed by atoms with E-state index in [0.717, 1.165) is 37.5 Å². The Kier molecular flexibility index (Phi) is 5.92. The van der Waals surface area contributed by atoms with E-state index >= 15 is 0 Å². The number of hydrogen-bond acceptors (Lipinski definition) is 3. The summed E-state index contributed by atoms with van der Waals surface area (Å²) in [7, 11) is 0. The molecule has 1 aromatic rings. The van der Waals surface area contributed by atoms with Crippen molar-refractivity contribution in [1.82, 2.24) is 5.32 Å². The van der Waals surface area contributed by atoms with Crippen LogP contribution in [-0.4, -0.2) is 24.8 Å². The molecule has 0 aromatic heterocycles. The van der Waals surface area contributed by atoms with Gasteiger partial charge in [-0.15, -0.1) is 0 Å². The van der Waals surface area contributed by atoms with Crippen LogP contribution in [0.25, 0.3) is 0 Å². The molecule has 1 fully saturated rings. The Morgan fingerprint density at radius 3 is 2.33 bits per heavy atom. The lowest BCUT2D eigenvalue weighted by molar-refractivity contribution is -0.0145. The Labute approximate surface area is 129 Å². The highest BCUT2D eigenvalue weighted by molar-refractivity contribution is 5.32. The number of benzene rings is 1. The van der Waals surface area contributed by atoms with Crippen molar-refractivity contribution in [2.24, 2.45) is 0 Å². The van der Waals surface area contributed by atoms with E-state index in [9.17, 15) is 0 Å². The molecule has 1 aromatic carbocycles. The van der Waals surface area contributed by atoms with Crippen LogP contribution in [0.2, 0.25) is 0 Å². The van der Waals surface area contributed by atoms with E-state index in [2.05, 4.69) is 26.1 Å². The Morgan fingerprint density at radius 2 is 1.81 bits per heavy atom. The van der Waals surface area contributed by atoms with Crippen molar-refractivity contribution in [3.05, 3.63) is 24.3 Å². The van der Waals surface area contributed by atoms with Crippen LogP contribution >= 0.6 is 0 Å². The topological polar surface area (TPSA) is 30.5 Å². The van der Waals surface area contributed by atoms with Crippen molar-refractivity contribution in [3.8, 4) is 11.5 Å². The van der Waals surface area contributed by atoms with Gasteiger partial charge in [-0.1, -0.05) is 20.8 Å². The molecule has 3 heteroatoms. The molecule has 0 atom stereocenters. The molecule has 1 aliphatic carbocycles. The van der Waals surface area contributed by atoms with Gasteiger partial charge in [0.1, 0.15) is 17.1 Å². The Balaban J connectivity index is 1.86. The molecular weight excluding hydrogens is 262 g/mol. The predicted octanol–water partition coefficient (Wildman–Crippen LogP) is 4.17. The van der Waals surface area contributed by atoms with Gasteiger partial charge in [0.25, 0.3) is 0 Å². The molecule has 0 bridgehead atoms. The fourth-order valence-corrected chi connectivity index (χ4v) is 2.64. The molecule has 118 valence electrons. The second-order valence-electron chi connectivity index (χ2n) is 6.32. The fraction of sp³-hybridized carbons (Fsp3) is 0.667. The van der Waals surface area contributed by atoms with E-state index in [1.165, 1.54) is 19.3 Å². The molecule has 1 saturated carbocycles. The number of nitrogens with one attached hydrogen (secondary N) is 1. The van der Waals surface area contributed by atoms with Gasteiger partial charge in [-0.05, 0) is 62.9 Å². The van der Waals surface area contributed by atoms with E-state index in [1.54, 1.807) is 0 Å². The van der Waals surface area contributed by atoms with Crippen LogP contribution in [0.15, 0.2) is 24.3 Å². The van der Waals surface area contributed by atoms with Gasteiger partial charge in [0, 0.05) is 6.04 Å². The van der Waals surface area contributed by atoms with E-state index < -0.39 is 0 Å². The lowest BCUT2D eigenvalue weighted by Crippen LogP contribution is -2.45. The third kappa shape index (κ3) is 4.92. The molecule has 0 aliphatic heterocycles. The first-order chi connectivity index (χ1) is 10.1. The highest BCUT2D eigenvalue weighted by Crippen LogP contribution is 2.39. The van der Waals surface area contributed by atoms with E-state index in [1.807, 2.05) is 24.3 Å². The van der Waals surface area contributed by atoms with Crippen molar-refractivity contribution in [1.29, 1.82) is 0 Å². The molecular formula is C18H29NO2. The van der Waals surface area contributed by atoms with Gasteiger partial charge in [0.15, 0.2) is 0 Å². The van der Waals surface area contributed by atoms with Gasteiger partial charge >= 0.3 is 0 Å². The van der Waals surface area contributed by atoms with Crippen LogP contribution < -0.4 is 14.8 Å². The minimum absolute atomic E-state index is 0.0493. The zero-order valence-corrected chi connectivity index (χ0v) is 13.7. The van der Waals surface area contributed by atoms with Crippen LogP contribution in [0.4, 0.5) is 0 Å². The molecule has 0 radical (unpaired) electrons. The summed E-state index contributed by atoms with van der Waals surface area (Å²) in [5.74, 6) is 1.89. The van der Waals surface area contributed by atoms with Crippen LogP contribution in [-0.2, 0) is 0 Å². The summed E-state index contributed by atoms with van der Waals surface area (Å²) < 4.78 is 11.9. The Bertz CT molecular complexity index is 410. The third-order valence-corrected chi connectivity index (χ3v) is 4.03.